The van der Waals surface area contributed by atoms with Crippen molar-refractivity contribution in [2.45, 2.75) is 46.2 Å². The van der Waals surface area contributed by atoms with E-state index in [-0.39, 0.29) is 24.3 Å². The van der Waals surface area contributed by atoms with Crippen molar-refractivity contribution in [2.75, 3.05) is 13.1 Å². The first-order valence-electron chi connectivity index (χ1n) is 7.25. The number of nitrogens with one attached hydrogen (secondary N) is 2. The Morgan fingerprint density at radius 2 is 2.14 bits per heavy atom. The fourth-order valence-electron chi connectivity index (χ4n) is 1.91. The summed E-state index contributed by atoms with van der Waals surface area (Å²) < 4.78 is 1.77. The van der Waals surface area contributed by atoms with E-state index in [0.29, 0.717) is 25.2 Å². The predicted octanol–water partition coefficient (Wildman–Crippen LogP) is 0.185. The monoisotopic (exact) mass is 295 g/mol. The van der Waals surface area contributed by atoms with Gasteiger partial charge in [0.15, 0.2) is 0 Å². The number of hydrogen-bond donors (Lipinski definition) is 3. The van der Waals surface area contributed by atoms with Crippen LogP contribution in [0.4, 0.5) is 0 Å². The van der Waals surface area contributed by atoms with Crippen molar-refractivity contribution in [3.8, 4) is 0 Å². The van der Waals surface area contributed by atoms with Gasteiger partial charge in [-0.2, -0.15) is 5.10 Å². The van der Waals surface area contributed by atoms with E-state index in [2.05, 4.69) is 15.7 Å². The molecule has 1 rings (SSSR count). The predicted molar refractivity (Wildman–Crippen MR) is 80.9 cm³/mol. The van der Waals surface area contributed by atoms with Crippen molar-refractivity contribution in [3.63, 3.8) is 0 Å². The molecular weight excluding hydrogens is 270 g/mol. The molecule has 2 amide bonds. The molecule has 0 aliphatic heterocycles. The molecule has 0 radical (unpaired) electrons. The van der Waals surface area contributed by atoms with Gasteiger partial charge >= 0.3 is 0 Å². The quantitative estimate of drug-likeness (QED) is 0.637. The lowest BCUT2D eigenvalue weighted by Gasteiger charge is -2.09. The normalized spacial score (nSPS) is 10.7. The second kappa shape index (κ2) is 8.41. The highest BCUT2D eigenvalue weighted by atomic mass is 16.2. The van der Waals surface area contributed by atoms with Crippen LogP contribution >= 0.6 is 0 Å². The molecule has 4 N–H and O–H groups in total. The van der Waals surface area contributed by atoms with E-state index in [1.165, 1.54) is 0 Å². The Bertz CT molecular complexity index is 482. The van der Waals surface area contributed by atoms with E-state index >= 15 is 0 Å². The first kappa shape index (κ1) is 17.2. The SMILES string of the molecule is Cc1c(C(=O)NCCC(=O)NC(C)C)cnn1CCCN. The van der Waals surface area contributed by atoms with Crippen molar-refractivity contribution in [2.24, 2.45) is 5.73 Å². The molecule has 0 aromatic carbocycles. The zero-order valence-electron chi connectivity index (χ0n) is 13.0. The molecule has 1 aromatic rings. The number of aryl methyl sites for hydroxylation is 1. The summed E-state index contributed by atoms with van der Waals surface area (Å²) in [6.07, 6.45) is 2.64. The van der Waals surface area contributed by atoms with Gasteiger partial charge in [-0.05, 0) is 33.7 Å². The number of nitrogens with zero attached hydrogens (tertiary/aromatic N) is 2. The minimum Gasteiger partial charge on any atom is -0.354 e. The topological polar surface area (TPSA) is 102 Å². The molecular formula is C14H25N5O2. The highest BCUT2D eigenvalue weighted by molar-refractivity contribution is 5.95. The zero-order valence-corrected chi connectivity index (χ0v) is 13.0. The van der Waals surface area contributed by atoms with Crippen LogP contribution in [0.1, 0.15) is 42.7 Å². The lowest BCUT2D eigenvalue weighted by Crippen LogP contribution is -2.34. The summed E-state index contributed by atoms with van der Waals surface area (Å²) in [5, 5.41) is 9.69. The van der Waals surface area contributed by atoms with Crippen LogP contribution in [0.25, 0.3) is 0 Å². The minimum absolute atomic E-state index is 0.0688. The number of amides is 2. The molecule has 1 heterocycles. The van der Waals surface area contributed by atoms with E-state index in [1.54, 1.807) is 10.9 Å². The van der Waals surface area contributed by atoms with Crippen LogP contribution in [-0.2, 0) is 11.3 Å². The van der Waals surface area contributed by atoms with Crippen LogP contribution in [0.5, 0.6) is 0 Å². The second-order valence-electron chi connectivity index (χ2n) is 5.24. The molecule has 0 fully saturated rings. The Morgan fingerprint density at radius 1 is 1.43 bits per heavy atom. The Balaban J connectivity index is 2.45. The van der Waals surface area contributed by atoms with Crippen molar-refractivity contribution in [1.29, 1.82) is 0 Å². The molecule has 21 heavy (non-hydrogen) atoms. The molecule has 0 aliphatic carbocycles. The third-order valence-electron chi connectivity index (χ3n) is 3.01. The van der Waals surface area contributed by atoms with Gasteiger partial charge in [0.05, 0.1) is 11.8 Å². The molecule has 0 saturated heterocycles. The van der Waals surface area contributed by atoms with Gasteiger partial charge in [-0.3, -0.25) is 14.3 Å². The minimum atomic E-state index is -0.205. The van der Waals surface area contributed by atoms with E-state index in [9.17, 15) is 9.59 Å². The molecule has 1 aromatic heterocycles. The van der Waals surface area contributed by atoms with Crippen molar-refractivity contribution in [3.05, 3.63) is 17.5 Å². The van der Waals surface area contributed by atoms with Crippen LogP contribution in [0.15, 0.2) is 6.20 Å². The maximum atomic E-state index is 12.0. The van der Waals surface area contributed by atoms with Gasteiger partial charge in [-0.15, -0.1) is 0 Å². The third kappa shape index (κ3) is 5.55. The van der Waals surface area contributed by atoms with E-state index in [1.807, 2.05) is 20.8 Å². The van der Waals surface area contributed by atoms with E-state index in [4.69, 9.17) is 5.73 Å². The van der Waals surface area contributed by atoms with Gasteiger partial charge in [-0.25, -0.2) is 0 Å². The van der Waals surface area contributed by atoms with Gasteiger partial charge < -0.3 is 16.4 Å². The van der Waals surface area contributed by atoms with Gasteiger partial charge in [0.1, 0.15) is 0 Å². The zero-order chi connectivity index (χ0) is 15.8. The van der Waals surface area contributed by atoms with Crippen molar-refractivity contribution in [1.82, 2.24) is 20.4 Å². The lowest BCUT2D eigenvalue weighted by molar-refractivity contribution is -0.121. The third-order valence-corrected chi connectivity index (χ3v) is 3.01. The average Bonchev–Trinajstić information content (AvgIpc) is 2.76. The van der Waals surface area contributed by atoms with Crippen LogP contribution in [-0.4, -0.2) is 40.7 Å². The summed E-state index contributed by atoms with van der Waals surface area (Å²) >= 11 is 0. The fraction of sp³-hybridized carbons (Fsp3) is 0.643. The lowest BCUT2D eigenvalue weighted by atomic mass is 10.2. The van der Waals surface area contributed by atoms with Crippen molar-refractivity contribution < 1.29 is 9.59 Å². The second-order valence-corrected chi connectivity index (χ2v) is 5.24. The van der Waals surface area contributed by atoms with E-state index in [0.717, 1.165) is 12.1 Å². The average molecular weight is 295 g/mol. The molecule has 118 valence electrons. The molecule has 0 unspecified atom stereocenters. The largest absolute Gasteiger partial charge is 0.354 e. The number of rotatable bonds is 8. The molecule has 0 atom stereocenters. The highest BCUT2D eigenvalue weighted by Gasteiger charge is 2.14. The van der Waals surface area contributed by atoms with Crippen LogP contribution in [0.2, 0.25) is 0 Å². The Hall–Kier alpha value is -1.89. The van der Waals surface area contributed by atoms with Crippen LogP contribution in [0, 0.1) is 6.92 Å². The number of carbonyl (C=O) groups excluding carboxylic acids is 2. The maximum Gasteiger partial charge on any atom is 0.254 e. The summed E-state index contributed by atoms with van der Waals surface area (Å²) in [5.74, 6) is -0.274. The molecule has 0 aliphatic rings. The summed E-state index contributed by atoms with van der Waals surface area (Å²) in [6, 6.07) is 0.108. The molecule has 7 nitrogen and oxygen atoms in total. The van der Waals surface area contributed by atoms with Gasteiger partial charge in [0.25, 0.3) is 5.91 Å². The van der Waals surface area contributed by atoms with E-state index < -0.39 is 0 Å². The van der Waals surface area contributed by atoms with Crippen LogP contribution in [0.3, 0.4) is 0 Å². The first-order chi connectivity index (χ1) is 9.95. The summed E-state index contributed by atoms with van der Waals surface area (Å²) in [5.41, 5.74) is 6.81. The smallest absolute Gasteiger partial charge is 0.254 e. The van der Waals surface area contributed by atoms with Gasteiger partial charge in [-0.1, -0.05) is 0 Å². The molecule has 0 bridgehead atoms. The van der Waals surface area contributed by atoms with Gasteiger partial charge in [0.2, 0.25) is 5.91 Å². The number of carbonyl (C=O) groups is 2. The maximum absolute atomic E-state index is 12.0. The fourth-order valence-corrected chi connectivity index (χ4v) is 1.91. The first-order valence-corrected chi connectivity index (χ1v) is 7.25. The Kier molecular flexibility index (Phi) is 6.87. The summed E-state index contributed by atoms with van der Waals surface area (Å²) in [6.45, 7) is 7.25. The number of aromatic nitrogens is 2. The molecule has 7 heteroatoms. The number of hydrogen-bond acceptors (Lipinski definition) is 4. The van der Waals surface area contributed by atoms with Crippen LogP contribution < -0.4 is 16.4 Å². The molecule has 0 spiro atoms. The molecule has 0 saturated carbocycles. The van der Waals surface area contributed by atoms with Gasteiger partial charge in [0, 0.05) is 31.2 Å². The summed E-state index contributed by atoms with van der Waals surface area (Å²) in [4.78, 5) is 23.5. The number of nitrogens with two attached hydrogens (primary N) is 1. The Labute approximate surface area is 125 Å². The Morgan fingerprint density at radius 3 is 2.76 bits per heavy atom. The summed E-state index contributed by atoms with van der Waals surface area (Å²) in [7, 11) is 0. The standard InChI is InChI=1S/C14H25N5O2/c1-10(2)18-13(20)5-7-16-14(21)12-9-17-19(11(12)3)8-4-6-15/h9-10H,4-8,15H2,1-3H3,(H,16,21)(H,18,20). The highest BCUT2D eigenvalue weighted by Crippen LogP contribution is 2.07. The van der Waals surface area contributed by atoms with Crippen molar-refractivity contribution >= 4 is 11.8 Å².